The minimum absolute atomic E-state index is 0.0395. The van der Waals surface area contributed by atoms with Gasteiger partial charge in [-0.3, -0.25) is 0 Å². The summed E-state index contributed by atoms with van der Waals surface area (Å²) in [5, 5.41) is 3.27. The number of rotatable bonds is 1. The smallest absolute Gasteiger partial charge is 0.404 e. The van der Waals surface area contributed by atoms with Gasteiger partial charge >= 0.3 is 6.36 Å². The van der Waals surface area contributed by atoms with Crippen LogP contribution in [0.25, 0.3) is 10.1 Å². The molecule has 0 aliphatic heterocycles. The molecule has 79 valence electrons. The van der Waals surface area contributed by atoms with E-state index in [-0.39, 0.29) is 10.8 Å². The Morgan fingerprint density at radius 1 is 1.33 bits per heavy atom. The standard InChI is InChI=1S/C9H3ClF3OS/c10-8-5-3-4-15-7(5)2-1-6(8)14-9(11,12)13/h1-3H. The molecule has 0 saturated heterocycles. The summed E-state index contributed by atoms with van der Waals surface area (Å²) in [6.45, 7) is 0. The van der Waals surface area contributed by atoms with E-state index < -0.39 is 6.36 Å². The van der Waals surface area contributed by atoms with E-state index in [0.717, 1.165) is 4.70 Å². The van der Waals surface area contributed by atoms with E-state index >= 15 is 0 Å². The molecule has 0 atom stereocenters. The summed E-state index contributed by atoms with van der Waals surface area (Å²) in [4.78, 5) is 0. The van der Waals surface area contributed by atoms with E-state index in [4.69, 9.17) is 11.6 Å². The predicted molar refractivity (Wildman–Crippen MR) is 52.4 cm³/mol. The first-order valence-electron chi connectivity index (χ1n) is 3.81. The van der Waals surface area contributed by atoms with Crippen LogP contribution in [0.5, 0.6) is 5.75 Å². The lowest BCUT2D eigenvalue weighted by atomic mass is 10.2. The van der Waals surface area contributed by atoms with Crippen LogP contribution in [0, 0.1) is 5.38 Å². The Hall–Kier alpha value is -0.940. The third-order valence-corrected chi connectivity index (χ3v) is 2.90. The zero-order valence-corrected chi connectivity index (χ0v) is 8.63. The van der Waals surface area contributed by atoms with E-state index in [0.29, 0.717) is 5.39 Å². The summed E-state index contributed by atoms with van der Waals surface area (Å²) in [6.07, 6.45) is -4.73. The number of ether oxygens (including phenoxy) is 1. The summed E-state index contributed by atoms with van der Waals surface area (Å²) < 4.78 is 40.4. The van der Waals surface area contributed by atoms with Gasteiger partial charge in [0.1, 0.15) is 5.75 Å². The molecule has 1 heterocycles. The highest BCUT2D eigenvalue weighted by molar-refractivity contribution is 7.16. The zero-order chi connectivity index (χ0) is 11.1. The van der Waals surface area contributed by atoms with Gasteiger partial charge < -0.3 is 4.74 Å². The Kier molecular flexibility index (Phi) is 2.52. The second-order valence-corrected chi connectivity index (χ2v) is 3.96. The van der Waals surface area contributed by atoms with Gasteiger partial charge in [-0.2, -0.15) is 0 Å². The number of alkyl halides is 3. The molecule has 15 heavy (non-hydrogen) atoms. The second-order valence-electron chi connectivity index (χ2n) is 2.70. The van der Waals surface area contributed by atoms with Crippen molar-refractivity contribution < 1.29 is 17.9 Å². The maximum atomic E-state index is 12.0. The lowest BCUT2D eigenvalue weighted by Gasteiger charge is -2.10. The molecule has 1 nitrogen and oxygen atoms in total. The maximum Gasteiger partial charge on any atom is 0.573 e. The normalized spacial score (nSPS) is 12.0. The van der Waals surface area contributed by atoms with Crippen LogP contribution in [-0.4, -0.2) is 6.36 Å². The molecule has 0 amide bonds. The molecular weight excluding hydrogens is 249 g/mol. The highest BCUT2D eigenvalue weighted by atomic mass is 35.5. The molecule has 2 rings (SSSR count). The fraction of sp³-hybridized carbons (Fsp3) is 0.111. The van der Waals surface area contributed by atoms with E-state index in [1.807, 2.05) is 0 Å². The molecule has 0 aliphatic carbocycles. The Balaban J connectivity index is 2.48. The van der Waals surface area contributed by atoms with Gasteiger partial charge in [0.05, 0.1) is 5.02 Å². The minimum Gasteiger partial charge on any atom is -0.404 e. The predicted octanol–water partition coefficient (Wildman–Crippen LogP) is 4.25. The van der Waals surface area contributed by atoms with Gasteiger partial charge in [0.15, 0.2) is 0 Å². The van der Waals surface area contributed by atoms with Crippen molar-refractivity contribution in [2.75, 3.05) is 0 Å². The number of benzene rings is 1. The van der Waals surface area contributed by atoms with Gasteiger partial charge in [-0.1, -0.05) is 11.6 Å². The van der Waals surface area contributed by atoms with Crippen LogP contribution in [0.1, 0.15) is 0 Å². The topological polar surface area (TPSA) is 9.23 Å². The average Bonchev–Trinajstić information content (AvgIpc) is 2.56. The summed E-state index contributed by atoms with van der Waals surface area (Å²) in [6, 6.07) is 4.25. The third kappa shape index (κ3) is 2.18. The molecule has 2 aromatic rings. The number of fused-ring (bicyclic) bond motifs is 1. The summed E-state index contributed by atoms with van der Waals surface area (Å²) in [5.41, 5.74) is 0. The molecule has 1 aromatic heterocycles. The van der Waals surface area contributed by atoms with Gasteiger partial charge in [-0.15, -0.1) is 24.5 Å². The van der Waals surface area contributed by atoms with Crippen molar-refractivity contribution in [3.05, 3.63) is 28.6 Å². The number of thiophene rings is 1. The quantitative estimate of drug-likeness (QED) is 0.736. The zero-order valence-electron chi connectivity index (χ0n) is 7.06. The van der Waals surface area contributed by atoms with Crippen LogP contribution in [-0.2, 0) is 0 Å². The van der Waals surface area contributed by atoms with Crippen LogP contribution < -0.4 is 4.74 Å². The monoisotopic (exact) mass is 251 g/mol. The van der Waals surface area contributed by atoms with E-state index in [1.54, 1.807) is 0 Å². The van der Waals surface area contributed by atoms with Crippen LogP contribution in [0.3, 0.4) is 0 Å². The molecule has 0 fully saturated rings. The van der Waals surface area contributed by atoms with Crippen molar-refractivity contribution in [1.82, 2.24) is 0 Å². The van der Waals surface area contributed by atoms with Gasteiger partial charge in [0.2, 0.25) is 0 Å². The van der Waals surface area contributed by atoms with Gasteiger partial charge in [-0.05, 0) is 18.2 Å². The molecule has 1 aromatic carbocycles. The molecular formula is C9H3ClF3OS. The third-order valence-electron chi connectivity index (χ3n) is 1.70. The van der Waals surface area contributed by atoms with Crippen LogP contribution in [0.2, 0.25) is 5.02 Å². The van der Waals surface area contributed by atoms with Crippen molar-refractivity contribution in [3.8, 4) is 5.75 Å². The molecule has 0 spiro atoms. The first-order valence-corrected chi connectivity index (χ1v) is 5.00. The molecule has 6 heteroatoms. The van der Waals surface area contributed by atoms with E-state index in [2.05, 4.69) is 10.1 Å². The van der Waals surface area contributed by atoms with Gasteiger partial charge in [0, 0.05) is 15.5 Å². The number of halogens is 4. The van der Waals surface area contributed by atoms with Crippen molar-refractivity contribution in [2.24, 2.45) is 0 Å². The fourth-order valence-electron chi connectivity index (χ4n) is 1.13. The molecule has 0 saturated carbocycles. The molecule has 0 N–H and O–H groups in total. The maximum absolute atomic E-state index is 12.0. The first-order chi connectivity index (χ1) is 6.97. The van der Waals surface area contributed by atoms with E-state index in [9.17, 15) is 13.2 Å². The molecule has 0 unspecified atom stereocenters. The highest BCUT2D eigenvalue weighted by Crippen LogP contribution is 2.37. The molecule has 0 aliphatic rings. The van der Waals surface area contributed by atoms with Crippen LogP contribution >= 0.6 is 22.9 Å². The second kappa shape index (κ2) is 3.57. The van der Waals surface area contributed by atoms with Crippen molar-refractivity contribution in [1.29, 1.82) is 0 Å². The van der Waals surface area contributed by atoms with Crippen LogP contribution in [0.15, 0.2) is 18.2 Å². The van der Waals surface area contributed by atoms with E-state index in [1.165, 1.54) is 29.5 Å². The number of hydrogen-bond acceptors (Lipinski definition) is 2. The largest absolute Gasteiger partial charge is 0.573 e. The van der Waals surface area contributed by atoms with Gasteiger partial charge in [-0.25, -0.2) is 0 Å². The summed E-state index contributed by atoms with van der Waals surface area (Å²) in [7, 11) is 0. The lowest BCUT2D eigenvalue weighted by molar-refractivity contribution is -0.274. The Morgan fingerprint density at radius 3 is 2.73 bits per heavy atom. The molecule has 0 bridgehead atoms. The number of hydrogen-bond donors (Lipinski definition) is 0. The SMILES string of the molecule is FC(F)(F)Oc1ccc2s[c]cc2c1Cl. The average molecular weight is 252 g/mol. The highest BCUT2D eigenvalue weighted by Gasteiger charge is 2.32. The van der Waals surface area contributed by atoms with Crippen molar-refractivity contribution >= 4 is 33.0 Å². The first kappa shape index (κ1) is 10.6. The summed E-state index contributed by atoms with van der Waals surface area (Å²) in [5.74, 6) is -0.386. The molecule has 1 radical (unpaired) electrons. The Bertz CT molecular complexity index is 492. The lowest BCUT2D eigenvalue weighted by Crippen LogP contribution is -2.17. The van der Waals surface area contributed by atoms with Crippen molar-refractivity contribution in [2.45, 2.75) is 6.36 Å². The fourth-order valence-corrected chi connectivity index (χ4v) is 2.16. The summed E-state index contributed by atoms with van der Waals surface area (Å²) >= 11 is 7.03. The Labute approximate surface area is 92.0 Å². The van der Waals surface area contributed by atoms with Gasteiger partial charge in [0.25, 0.3) is 0 Å². The van der Waals surface area contributed by atoms with Crippen molar-refractivity contribution in [3.63, 3.8) is 0 Å². The minimum atomic E-state index is -4.73. The van der Waals surface area contributed by atoms with Crippen LogP contribution in [0.4, 0.5) is 13.2 Å². The Morgan fingerprint density at radius 2 is 2.07 bits per heavy atom.